The lowest BCUT2D eigenvalue weighted by Gasteiger charge is -2.34. The average molecular weight is 483 g/mol. The number of hydrogen-bond donors (Lipinski definition) is 0. The number of carbonyl (C=O) groups excluding carboxylic acids is 2. The molecular weight excluding hydrogens is 460 g/mol. The molecule has 0 aliphatic carbocycles. The summed E-state index contributed by atoms with van der Waals surface area (Å²) in [5, 5.41) is 3.29. The van der Waals surface area contributed by atoms with Crippen molar-refractivity contribution in [2.24, 2.45) is 0 Å². The van der Waals surface area contributed by atoms with Crippen LogP contribution < -0.4 is 0 Å². The molecule has 0 unspecified atom stereocenters. The van der Waals surface area contributed by atoms with Gasteiger partial charge in [0.1, 0.15) is 0 Å². The molecule has 0 spiro atoms. The molecular formula is C25H23ClN2O4S. The minimum absolute atomic E-state index is 0. The van der Waals surface area contributed by atoms with Crippen LogP contribution in [-0.2, 0) is 9.84 Å². The molecule has 8 heteroatoms. The lowest BCUT2D eigenvalue weighted by Crippen LogP contribution is -2.50. The SMILES string of the molecule is Cl.O=C(CN1CCN(C(=O)c2cccc3c2C=CS3(=O)=O)CC1)c1ccc2ccccc2c1. The quantitative estimate of drug-likeness (QED) is 0.530. The molecule has 2 aliphatic heterocycles. The molecule has 1 fully saturated rings. The third-order valence-electron chi connectivity index (χ3n) is 6.12. The van der Waals surface area contributed by atoms with E-state index in [4.69, 9.17) is 0 Å². The van der Waals surface area contributed by atoms with Crippen LogP contribution in [0, 0.1) is 0 Å². The van der Waals surface area contributed by atoms with Crippen molar-refractivity contribution in [1.29, 1.82) is 0 Å². The Balaban J connectivity index is 0.00000259. The molecule has 170 valence electrons. The number of piperazine rings is 1. The smallest absolute Gasteiger partial charge is 0.254 e. The summed E-state index contributed by atoms with van der Waals surface area (Å²) in [6, 6.07) is 18.5. The van der Waals surface area contributed by atoms with E-state index in [0.717, 1.165) is 16.2 Å². The number of nitrogens with zero attached hydrogens (tertiary/aromatic N) is 2. The number of amides is 1. The van der Waals surface area contributed by atoms with Crippen molar-refractivity contribution in [3.8, 4) is 0 Å². The monoisotopic (exact) mass is 482 g/mol. The van der Waals surface area contributed by atoms with Crippen LogP contribution in [-0.4, -0.2) is 62.6 Å². The van der Waals surface area contributed by atoms with Crippen molar-refractivity contribution in [2.45, 2.75) is 4.90 Å². The fourth-order valence-corrected chi connectivity index (χ4v) is 5.53. The Hall–Kier alpha value is -3.00. The normalized spacial score (nSPS) is 16.9. The third-order valence-corrected chi connectivity index (χ3v) is 7.58. The van der Waals surface area contributed by atoms with Crippen molar-refractivity contribution < 1.29 is 18.0 Å². The number of halogens is 1. The molecule has 0 bridgehead atoms. The molecule has 1 amide bonds. The van der Waals surface area contributed by atoms with Crippen LogP contribution in [0.1, 0.15) is 26.3 Å². The number of benzene rings is 3. The first-order valence-electron chi connectivity index (χ1n) is 10.5. The van der Waals surface area contributed by atoms with Gasteiger partial charge in [0.15, 0.2) is 15.6 Å². The standard InChI is InChI=1S/C25H22N2O4S.ClH/c28-23(20-9-8-18-4-1-2-5-19(18)16-20)17-26-11-13-27(14-12-26)25(29)22-6-3-7-24-21(22)10-15-32(24,30)31;/h1-10,15-16H,11-14,17H2;1H. The Morgan fingerprint density at radius 2 is 1.58 bits per heavy atom. The molecule has 6 nitrogen and oxygen atoms in total. The zero-order chi connectivity index (χ0) is 22.3. The van der Waals surface area contributed by atoms with Crippen LogP contribution in [0.4, 0.5) is 0 Å². The highest BCUT2D eigenvalue weighted by atomic mass is 35.5. The average Bonchev–Trinajstić information content (AvgIpc) is 3.13. The van der Waals surface area contributed by atoms with Crippen molar-refractivity contribution in [2.75, 3.05) is 32.7 Å². The van der Waals surface area contributed by atoms with E-state index in [2.05, 4.69) is 4.90 Å². The van der Waals surface area contributed by atoms with Gasteiger partial charge in [-0.25, -0.2) is 8.42 Å². The number of sulfone groups is 1. The molecule has 0 aromatic heterocycles. The first-order chi connectivity index (χ1) is 15.4. The summed E-state index contributed by atoms with van der Waals surface area (Å²) in [6.07, 6.45) is 1.50. The van der Waals surface area contributed by atoms with Gasteiger partial charge in [-0.05, 0) is 35.0 Å². The summed E-state index contributed by atoms with van der Waals surface area (Å²) in [5.74, 6) is -0.115. The van der Waals surface area contributed by atoms with Gasteiger partial charge in [0, 0.05) is 48.3 Å². The fourth-order valence-electron chi connectivity index (χ4n) is 4.32. The summed E-state index contributed by atoms with van der Waals surface area (Å²) in [4.78, 5) is 29.8. The van der Waals surface area contributed by atoms with Gasteiger partial charge in [-0.2, -0.15) is 0 Å². The lowest BCUT2D eigenvalue weighted by atomic mass is 10.0. The summed E-state index contributed by atoms with van der Waals surface area (Å²) in [6.45, 7) is 2.47. The van der Waals surface area contributed by atoms with Gasteiger partial charge >= 0.3 is 0 Å². The number of ketones is 1. The number of hydrogen-bond acceptors (Lipinski definition) is 5. The third kappa shape index (κ3) is 4.44. The van der Waals surface area contributed by atoms with E-state index in [1.54, 1.807) is 17.0 Å². The summed E-state index contributed by atoms with van der Waals surface area (Å²) < 4.78 is 24.2. The molecule has 0 saturated carbocycles. The Labute approximate surface area is 198 Å². The van der Waals surface area contributed by atoms with Crippen molar-refractivity contribution in [1.82, 2.24) is 9.80 Å². The van der Waals surface area contributed by atoms with Crippen LogP contribution in [0.25, 0.3) is 16.8 Å². The van der Waals surface area contributed by atoms with Crippen LogP contribution in [0.3, 0.4) is 0 Å². The minimum atomic E-state index is -3.45. The molecule has 2 aliphatic rings. The molecule has 0 radical (unpaired) electrons. The van der Waals surface area contributed by atoms with Crippen LogP contribution in [0.15, 0.2) is 71.0 Å². The number of fused-ring (bicyclic) bond motifs is 2. The number of Topliss-reactive ketones (excluding diaryl/α,β-unsaturated/α-hetero) is 1. The fraction of sp³-hybridized carbons (Fsp3) is 0.200. The Kier molecular flexibility index (Phi) is 6.38. The molecule has 3 aromatic carbocycles. The molecule has 5 rings (SSSR count). The van der Waals surface area contributed by atoms with Crippen molar-refractivity contribution >= 4 is 50.8 Å². The highest BCUT2D eigenvalue weighted by Gasteiger charge is 2.29. The van der Waals surface area contributed by atoms with Gasteiger partial charge in [0.05, 0.1) is 11.4 Å². The van der Waals surface area contributed by atoms with Crippen LogP contribution in [0.2, 0.25) is 0 Å². The predicted octanol–water partition coefficient (Wildman–Crippen LogP) is 3.66. The Morgan fingerprint density at radius 3 is 2.33 bits per heavy atom. The predicted molar refractivity (Wildman–Crippen MR) is 131 cm³/mol. The van der Waals surface area contributed by atoms with Gasteiger partial charge < -0.3 is 4.90 Å². The topological polar surface area (TPSA) is 74.8 Å². The van der Waals surface area contributed by atoms with Gasteiger partial charge in [0.25, 0.3) is 5.91 Å². The van der Waals surface area contributed by atoms with E-state index in [-0.39, 0.29) is 29.0 Å². The zero-order valence-corrected chi connectivity index (χ0v) is 19.4. The van der Waals surface area contributed by atoms with Crippen molar-refractivity contribution in [3.63, 3.8) is 0 Å². The molecule has 0 N–H and O–H groups in total. The second-order valence-electron chi connectivity index (χ2n) is 8.12. The Morgan fingerprint density at radius 1 is 0.848 bits per heavy atom. The highest BCUT2D eigenvalue weighted by Crippen LogP contribution is 2.30. The maximum Gasteiger partial charge on any atom is 0.254 e. The Bertz CT molecular complexity index is 1380. The van der Waals surface area contributed by atoms with Gasteiger partial charge in [-0.3, -0.25) is 14.5 Å². The lowest BCUT2D eigenvalue weighted by molar-refractivity contribution is 0.0624. The first kappa shape index (κ1) is 23.2. The van der Waals surface area contributed by atoms with E-state index in [1.165, 1.54) is 12.1 Å². The van der Waals surface area contributed by atoms with E-state index in [1.807, 2.05) is 42.5 Å². The first-order valence-corrected chi connectivity index (χ1v) is 12.1. The van der Waals surface area contributed by atoms with E-state index in [0.29, 0.717) is 49.4 Å². The highest BCUT2D eigenvalue weighted by molar-refractivity contribution is 7.94. The van der Waals surface area contributed by atoms with Gasteiger partial charge in [0.2, 0.25) is 0 Å². The van der Waals surface area contributed by atoms with Crippen LogP contribution >= 0.6 is 12.4 Å². The molecule has 2 heterocycles. The molecule has 0 atom stereocenters. The number of carbonyl (C=O) groups is 2. The largest absolute Gasteiger partial charge is 0.336 e. The maximum absolute atomic E-state index is 13.1. The molecule has 33 heavy (non-hydrogen) atoms. The second kappa shape index (κ2) is 9.09. The van der Waals surface area contributed by atoms with E-state index in [9.17, 15) is 18.0 Å². The van der Waals surface area contributed by atoms with E-state index >= 15 is 0 Å². The summed E-state index contributed by atoms with van der Waals surface area (Å²) in [7, 11) is -3.45. The van der Waals surface area contributed by atoms with Crippen LogP contribution in [0.5, 0.6) is 0 Å². The molecule has 1 saturated heterocycles. The van der Waals surface area contributed by atoms with Gasteiger partial charge in [-0.15, -0.1) is 12.4 Å². The minimum Gasteiger partial charge on any atom is -0.336 e. The van der Waals surface area contributed by atoms with Crippen molar-refractivity contribution in [3.05, 3.63) is 82.8 Å². The van der Waals surface area contributed by atoms with E-state index < -0.39 is 9.84 Å². The maximum atomic E-state index is 13.1. The molecule has 3 aromatic rings. The summed E-state index contributed by atoms with van der Waals surface area (Å²) in [5.41, 5.74) is 1.56. The zero-order valence-electron chi connectivity index (χ0n) is 17.8. The summed E-state index contributed by atoms with van der Waals surface area (Å²) >= 11 is 0. The van der Waals surface area contributed by atoms with Gasteiger partial charge in [-0.1, -0.05) is 42.5 Å². The number of rotatable bonds is 4. The second-order valence-corrected chi connectivity index (χ2v) is 9.92.